The highest BCUT2D eigenvalue weighted by atomic mass is 127. The van der Waals surface area contributed by atoms with E-state index in [0.717, 1.165) is 76.8 Å². The first kappa shape index (κ1) is 25.7. The predicted octanol–water partition coefficient (Wildman–Crippen LogP) is 5.88. The maximum atomic E-state index is 6.23. The van der Waals surface area contributed by atoms with Crippen molar-refractivity contribution in [2.75, 3.05) is 30.7 Å². The first-order valence-corrected chi connectivity index (χ1v) is 14.4. The predicted molar refractivity (Wildman–Crippen MR) is 156 cm³/mol. The summed E-state index contributed by atoms with van der Waals surface area (Å²) in [6, 6.07) is 18.5. The number of thiophene rings is 1. The number of hydrogen-bond donors (Lipinski definition) is 1. The molecule has 6 nitrogen and oxygen atoms in total. The Bertz CT molecular complexity index is 1250. The average molecular weight is 602 g/mol. The number of fused-ring (bicyclic) bond motifs is 1. The number of aromatic nitrogens is 2. The zero-order chi connectivity index (χ0) is 24.6. The van der Waals surface area contributed by atoms with Gasteiger partial charge in [-0.2, -0.15) is 0 Å². The van der Waals surface area contributed by atoms with Gasteiger partial charge in [-0.3, -0.25) is 0 Å². The third kappa shape index (κ3) is 6.62. The number of alkyl halides is 1. The molecule has 2 N–H and O–H groups in total. The van der Waals surface area contributed by atoms with Gasteiger partial charge >= 0.3 is 0 Å². The molecule has 0 bridgehead atoms. The number of benzene rings is 2. The van der Waals surface area contributed by atoms with Crippen molar-refractivity contribution in [1.82, 2.24) is 14.5 Å². The Hall–Kier alpha value is -2.43. The van der Waals surface area contributed by atoms with Crippen molar-refractivity contribution in [2.45, 2.75) is 26.8 Å². The fourth-order valence-corrected chi connectivity index (χ4v) is 4.91. The van der Waals surface area contributed by atoms with E-state index in [2.05, 4.69) is 69.1 Å². The minimum atomic E-state index is 0.533. The van der Waals surface area contributed by atoms with Crippen LogP contribution in [0.15, 0.2) is 65.0 Å². The molecule has 0 spiro atoms. The van der Waals surface area contributed by atoms with Crippen molar-refractivity contribution in [1.29, 1.82) is 0 Å². The van der Waals surface area contributed by atoms with Crippen molar-refractivity contribution in [3.63, 3.8) is 0 Å². The molecule has 8 heteroatoms. The highest BCUT2D eigenvalue weighted by molar-refractivity contribution is 14.1. The summed E-state index contributed by atoms with van der Waals surface area (Å²) in [5, 5.41) is 2.01. The van der Waals surface area contributed by atoms with Gasteiger partial charge in [-0.1, -0.05) is 54.6 Å². The molecular weight excluding hydrogens is 569 g/mol. The first-order valence-electron chi connectivity index (χ1n) is 12.0. The third-order valence-electron chi connectivity index (χ3n) is 6.00. The molecule has 0 atom stereocenters. The van der Waals surface area contributed by atoms with Crippen LogP contribution in [0.5, 0.6) is 5.75 Å². The molecule has 4 rings (SSSR count). The van der Waals surface area contributed by atoms with E-state index in [1.807, 2.05) is 41.8 Å². The normalized spacial score (nSPS) is 12.1. The molecule has 0 aliphatic rings. The summed E-state index contributed by atoms with van der Waals surface area (Å²) >= 11 is 3.91. The number of likely N-dealkylation sites (N-methyl/N-ethyl adjacent to an activating group) is 1. The zero-order valence-corrected chi connectivity index (χ0v) is 23.3. The number of nitrogens with two attached hydrogens (primary N) is 1. The Morgan fingerprint density at radius 3 is 2.63 bits per heavy atom. The Labute approximate surface area is 225 Å². The number of imidazole rings is 1. The van der Waals surface area contributed by atoms with E-state index in [-0.39, 0.29) is 0 Å². The fraction of sp³-hybridized carbons (Fsp3) is 0.333. The van der Waals surface area contributed by atoms with Crippen LogP contribution in [-0.2, 0) is 13.0 Å². The molecular formula is C27H32IN5OS. The molecule has 0 aliphatic carbocycles. The largest absolute Gasteiger partial charge is 0.493 e. The Morgan fingerprint density at radius 2 is 1.94 bits per heavy atom. The molecule has 0 aliphatic heterocycles. The molecule has 0 fully saturated rings. The number of aliphatic imine (C=N–C) groups is 1. The lowest BCUT2D eigenvalue weighted by Gasteiger charge is -2.19. The van der Waals surface area contributed by atoms with Crippen LogP contribution in [0, 0.1) is 0 Å². The van der Waals surface area contributed by atoms with Crippen LogP contribution in [0.3, 0.4) is 0 Å². The standard InChI is InChI=1S/C27H32IN5OS/c1-3-32(4-2)14-15-33-24-12-9-21(30-27(29)25-6-5-17-35-25)19-23(24)31-26(33)18-20-7-10-22(11-8-20)34-16-13-28/h5-12,17,19H,3-4,13-16,18H2,1-2H3,(H2,29,30). The van der Waals surface area contributed by atoms with Gasteiger partial charge in [0.25, 0.3) is 0 Å². The highest BCUT2D eigenvalue weighted by Crippen LogP contribution is 2.25. The maximum absolute atomic E-state index is 6.23. The van der Waals surface area contributed by atoms with Crippen LogP contribution in [0.25, 0.3) is 11.0 Å². The molecule has 0 amide bonds. The van der Waals surface area contributed by atoms with Crippen LogP contribution < -0.4 is 10.5 Å². The number of hydrogen-bond acceptors (Lipinski definition) is 5. The van der Waals surface area contributed by atoms with Gasteiger partial charge in [0.05, 0.1) is 28.2 Å². The average Bonchev–Trinajstić information content (AvgIpc) is 3.53. The summed E-state index contributed by atoms with van der Waals surface area (Å²) in [6.07, 6.45) is 0.759. The molecule has 184 valence electrons. The van der Waals surface area contributed by atoms with E-state index < -0.39 is 0 Å². The molecule has 0 radical (unpaired) electrons. The smallest absolute Gasteiger partial charge is 0.141 e. The summed E-state index contributed by atoms with van der Waals surface area (Å²) in [4.78, 5) is 13.1. The monoisotopic (exact) mass is 601 g/mol. The molecule has 2 heterocycles. The molecule has 35 heavy (non-hydrogen) atoms. The van der Waals surface area contributed by atoms with E-state index in [9.17, 15) is 0 Å². The van der Waals surface area contributed by atoms with Crippen molar-refractivity contribution < 1.29 is 4.74 Å². The minimum absolute atomic E-state index is 0.533. The quantitative estimate of drug-likeness (QED) is 0.0954. The second-order valence-electron chi connectivity index (χ2n) is 8.21. The Morgan fingerprint density at radius 1 is 1.14 bits per heavy atom. The SMILES string of the molecule is CCN(CC)CCn1c(Cc2ccc(OCCI)cc2)nc2cc(N=C(N)c3cccs3)ccc21. The maximum Gasteiger partial charge on any atom is 0.141 e. The number of rotatable bonds is 12. The lowest BCUT2D eigenvalue weighted by Crippen LogP contribution is -2.27. The number of ether oxygens (including phenoxy) is 1. The number of halogens is 1. The molecule has 0 saturated heterocycles. The van der Waals surface area contributed by atoms with Crippen LogP contribution in [0.1, 0.15) is 30.1 Å². The topological polar surface area (TPSA) is 68.7 Å². The van der Waals surface area contributed by atoms with Gasteiger partial charge in [-0.15, -0.1) is 11.3 Å². The molecule has 0 saturated carbocycles. The second-order valence-corrected chi connectivity index (χ2v) is 10.2. The zero-order valence-electron chi connectivity index (χ0n) is 20.3. The Balaban J connectivity index is 1.64. The van der Waals surface area contributed by atoms with Crippen molar-refractivity contribution >= 4 is 56.5 Å². The van der Waals surface area contributed by atoms with Crippen LogP contribution in [0.4, 0.5) is 5.69 Å². The van der Waals surface area contributed by atoms with E-state index in [0.29, 0.717) is 5.84 Å². The van der Waals surface area contributed by atoms with Crippen LogP contribution >= 0.6 is 33.9 Å². The summed E-state index contributed by atoms with van der Waals surface area (Å²) in [6.45, 7) is 9.10. The molecule has 2 aromatic heterocycles. The number of amidine groups is 1. The fourth-order valence-electron chi connectivity index (χ4n) is 4.06. The van der Waals surface area contributed by atoms with E-state index in [4.69, 9.17) is 15.5 Å². The van der Waals surface area contributed by atoms with Crippen molar-refractivity contribution in [2.24, 2.45) is 10.7 Å². The molecule has 0 unspecified atom stereocenters. The number of nitrogens with zero attached hydrogens (tertiary/aromatic N) is 4. The van der Waals surface area contributed by atoms with Crippen molar-refractivity contribution in [3.8, 4) is 5.75 Å². The van der Waals surface area contributed by atoms with Gasteiger partial charge < -0.3 is 19.9 Å². The van der Waals surface area contributed by atoms with Gasteiger partial charge in [0.15, 0.2) is 0 Å². The lowest BCUT2D eigenvalue weighted by molar-refractivity contribution is 0.291. The second kappa shape index (κ2) is 12.5. The Kier molecular flexibility index (Phi) is 9.17. The summed E-state index contributed by atoms with van der Waals surface area (Å²) < 4.78 is 9.06. The summed E-state index contributed by atoms with van der Waals surface area (Å²) in [5.41, 5.74) is 10.3. The van der Waals surface area contributed by atoms with Gasteiger partial charge in [-0.05, 0) is 60.4 Å². The highest BCUT2D eigenvalue weighted by Gasteiger charge is 2.14. The summed E-state index contributed by atoms with van der Waals surface area (Å²) in [7, 11) is 0. The molecule has 4 aromatic rings. The first-order chi connectivity index (χ1) is 17.1. The van der Waals surface area contributed by atoms with Gasteiger partial charge in [0.2, 0.25) is 0 Å². The van der Waals surface area contributed by atoms with E-state index >= 15 is 0 Å². The summed E-state index contributed by atoms with van der Waals surface area (Å²) in [5.74, 6) is 2.50. The van der Waals surface area contributed by atoms with Gasteiger partial charge in [0, 0.05) is 23.9 Å². The van der Waals surface area contributed by atoms with Crippen LogP contribution in [0.2, 0.25) is 0 Å². The van der Waals surface area contributed by atoms with E-state index in [1.54, 1.807) is 11.3 Å². The minimum Gasteiger partial charge on any atom is -0.493 e. The van der Waals surface area contributed by atoms with Crippen molar-refractivity contribution in [3.05, 3.63) is 76.2 Å². The lowest BCUT2D eigenvalue weighted by atomic mass is 10.1. The van der Waals surface area contributed by atoms with Gasteiger partial charge in [-0.25, -0.2) is 9.98 Å². The van der Waals surface area contributed by atoms with E-state index in [1.165, 1.54) is 5.56 Å². The third-order valence-corrected chi connectivity index (χ3v) is 7.33. The van der Waals surface area contributed by atoms with Crippen LogP contribution in [-0.4, -0.2) is 51.0 Å². The molecule has 2 aromatic carbocycles. The van der Waals surface area contributed by atoms with Gasteiger partial charge in [0.1, 0.15) is 17.4 Å².